The standard InChI is InChI=1S/C28H29N3O9S2/c32-27(21-4-1-8-25(18-21)41(34,35)30-10-14-38-15-11-30)29-23-6-3-7-24(20-23)40-28(33)22-5-2-9-26(19-22)42(36,37)31-12-16-39-17-13-31/h1-9,18-20H,10-17H2,(H,29,32). The van der Waals surface area contributed by atoms with Crippen LogP contribution in [-0.2, 0) is 29.5 Å². The van der Waals surface area contributed by atoms with Crippen LogP contribution < -0.4 is 10.1 Å². The highest BCUT2D eigenvalue weighted by atomic mass is 32.2. The Kier molecular flexibility index (Phi) is 9.01. The number of benzene rings is 3. The van der Waals surface area contributed by atoms with Crippen LogP contribution in [0.5, 0.6) is 5.75 Å². The molecule has 1 amide bonds. The molecule has 0 unspecified atom stereocenters. The van der Waals surface area contributed by atoms with Gasteiger partial charge in [-0.2, -0.15) is 8.61 Å². The summed E-state index contributed by atoms with van der Waals surface area (Å²) in [5, 5.41) is 2.68. The van der Waals surface area contributed by atoms with Crippen LogP contribution in [0.1, 0.15) is 20.7 Å². The van der Waals surface area contributed by atoms with E-state index < -0.39 is 31.9 Å². The fourth-order valence-corrected chi connectivity index (χ4v) is 7.37. The van der Waals surface area contributed by atoms with Gasteiger partial charge in [-0.05, 0) is 48.5 Å². The molecule has 2 aliphatic heterocycles. The molecule has 2 heterocycles. The molecule has 2 fully saturated rings. The Hall–Kier alpha value is -3.66. The molecule has 0 spiro atoms. The van der Waals surface area contributed by atoms with E-state index in [1.165, 1.54) is 69.3 Å². The van der Waals surface area contributed by atoms with Crippen molar-refractivity contribution in [3.05, 3.63) is 83.9 Å². The van der Waals surface area contributed by atoms with E-state index in [-0.39, 0.29) is 52.8 Å². The SMILES string of the molecule is O=C(Nc1cccc(OC(=O)c2cccc(S(=O)(=O)N3CCOCC3)c2)c1)c1cccc(S(=O)(=O)N2CCOCC2)c1. The number of rotatable bonds is 8. The highest BCUT2D eigenvalue weighted by molar-refractivity contribution is 7.89. The fourth-order valence-electron chi connectivity index (χ4n) is 4.46. The predicted molar refractivity (Wildman–Crippen MR) is 151 cm³/mol. The summed E-state index contributed by atoms with van der Waals surface area (Å²) in [6.45, 7) is 2.13. The number of hydrogen-bond acceptors (Lipinski definition) is 9. The monoisotopic (exact) mass is 615 g/mol. The number of morpholine rings is 2. The Morgan fingerprint density at radius 3 is 1.74 bits per heavy atom. The third-order valence-electron chi connectivity index (χ3n) is 6.68. The van der Waals surface area contributed by atoms with Crippen molar-refractivity contribution in [2.75, 3.05) is 57.9 Å². The molecule has 0 bridgehead atoms. The summed E-state index contributed by atoms with van der Waals surface area (Å²) in [5.74, 6) is -1.22. The second-order valence-electron chi connectivity index (χ2n) is 9.46. The minimum Gasteiger partial charge on any atom is -0.423 e. The molecule has 2 aliphatic rings. The number of carbonyl (C=O) groups excluding carboxylic acids is 2. The maximum Gasteiger partial charge on any atom is 0.343 e. The van der Waals surface area contributed by atoms with Crippen LogP contribution in [-0.4, -0.2) is 89.9 Å². The Bertz CT molecular complexity index is 1560. The lowest BCUT2D eigenvalue weighted by molar-refractivity contribution is 0.0727. The summed E-state index contributed by atoms with van der Waals surface area (Å²) in [6.07, 6.45) is 0. The number of anilines is 1. The number of esters is 1. The van der Waals surface area contributed by atoms with E-state index in [1.54, 1.807) is 12.1 Å². The zero-order valence-electron chi connectivity index (χ0n) is 22.5. The maximum absolute atomic E-state index is 13.0. The van der Waals surface area contributed by atoms with Gasteiger partial charge in [-0.25, -0.2) is 21.6 Å². The van der Waals surface area contributed by atoms with Gasteiger partial charge >= 0.3 is 5.97 Å². The van der Waals surface area contributed by atoms with Gasteiger partial charge in [-0.3, -0.25) is 4.79 Å². The van der Waals surface area contributed by atoms with E-state index in [1.807, 2.05) is 0 Å². The number of carbonyl (C=O) groups is 2. The quantitative estimate of drug-likeness (QED) is 0.297. The number of amides is 1. The van der Waals surface area contributed by atoms with Gasteiger partial charge in [0.1, 0.15) is 5.75 Å². The van der Waals surface area contributed by atoms with Crippen molar-refractivity contribution in [2.45, 2.75) is 9.79 Å². The molecule has 3 aromatic carbocycles. The molecule has 0 atom stereocenters. The minimum atomic E-state index is -3.80. The maximum atomic E-state index is 13.0. The third kappa shape index (κ3) is 6.69. The zero-order chi connectivity index (χ0) is 29.7. The number of hydrogen-bond donors (Lipinski definition) is 1. The molecule has 42 heavy (non-hydrogen) atoms. The van der Waals surface area contributed by atoms with Gasteiger partial charge in [0, 0.05) is 43.5 Å². The van der Waals surface area contributed by atoms with Crippen LogP contribution in [0, 0.1) is 0 Å². The van der Waals surface area contributed by atoms with Crippen molar-refractivity contribution >= 4 is 37.6 Å². The van der Waals surface area contributed by atoms with E-state index >= 15 is 0 Å². The molecule has 0 aliphatic carbocycles. The molecule has 0 aromatic heterocycles. The summed E-state index contributed by atoms with van der Waals surface area (Å²) >= 11 is 0. The van der Waals surface area contributed by atoms with Crippen LogP contribution in [0.2, 0.25) is 0 Å². The molecule has 0 saturated carbocycles. The fraction of sp³-hybridized carbons (Fsp3) is 0.286. The second-order valence-corrected chi connectivity index (χ2v) is 13.3. The van der Waals surface area contributed by atoms with Gasteiger partial charge < -0.3 is 19.5 Å². The first kappa shape index (κ1) is 29.8. The minimum absolute atomic E-state index is 0.00223. The van der Waals surface area contributed by atoms with E-state index in [2.05, 4.69) is 5.32 Å². The smallest absolute Gasteiger partial charge is 0.343 e. The molecule has 3 aromatic rings. The number of nitrogens with zero attached hydrogens (tertiary/aromatic N) is 2. The Morgan fingerprint density at radius 1 is 0.667 bits per heavy atom. The van der Waals surface area contributed by atoms with Crippen LogP contribution in [0.4, 0.5) is 5.69 Å². The average molecular weight is 616 g/mol. The van der Waals surface area contributed by atoms with E-state index in [0.717, 1.165) is 0 Å². The van der Waals surface area contributed by atoms with Crippen LogP contribution in [0.15, 0.2) is 82.6 Å². The lowest BCUT2D eigenvalue weighted by Gasteiger charge is -2.26. The van der Waals surface area contributed by atoms with E-state index in [9.17, 15) is 26.4 Å². The first-order valence-corrected chi connectivity index (χ1v) is 16.0. The largest absolute Gasteiger partial charge is 0.423 e. The highest BCUT2D eigenvalue weighted by Crippen LogP contribution is 2.23. The van der Waals surface area contributed by atoms with Crippen molar-refractivity contribution in [3.63, 3.8) is 0 Å². The van der Waals surface area contributed by atoms with Gasteiger partial charge in [-0.15, -0.1) is 0 Å². The highest BCUT2D eigenvalue weighted by Gasteiger charge is 2.28. The molecule has 12 nitrogen and oxygen atoms in total. The summed E-state index contributed by atoms with van der Waals surface area (Å²) in [6, 6.07) is 17.4. The Morgan fingerprint density at radius 2 is 1.17 bits per heavy atom. The lowest BCUT2D eigenvalue weighted by atomic mass is 10.2. The van der Waals surface area contributed by atoms with Gasteiger partial charge in [0.25, 0.3) is 5.91 Å². The summed E-state index contributed by atoms with van der Waals surface area (Å²) in [4.78, 5) is 25.8. The zero-order valence-corrected chi connectivity index (χ0v) is 24.1. The third-order valence-corrected chi connectivity index (χ3v) is 10.5. The first-order chi connectivity index (χ1) is 20.1. The number of nitrogens with one attached hydrogen (secondary N) is 1. The Balaban J connectivity index is 1.27. The molecule has 14 heteroatoms. The van der Waals surface area contributed by atoms with Gasteiger partial charge in [0.2, 0.25) is 20.0 Å². The molecule has 222 valence electrons. The van der Waals surface area contributed by atoms with Crippen molar-refractivity contribution in [1.29, 1.82) is 0 Å². The molecule has 5 rings (SSSR count). The van der Waals surface area contributed by atoms with Crippen LogP contribution >= 0.6 is 0 Å². The van der Waals surface area contributed by atoms with Crippen LogP contribution in [0.25, 0.3) is 0 Å². The van der Waals surface area contributed by atoms with Gasteiger partial charge in [-0.1, -0.05) is 18.2 Å². The normalized spacial score (nSPS) is 17.0. The predicted octanol–water partition coefficient (Wildman–Crippen LogP) is 2.20. The van der Waals surface area contributed by atoms with Crippen LogP contribution in [0.3, 0.4) is 0 Å². The van der Waals surface area contributed by atoms with Crippen molar-refractivity contribution in [2.24, 2.45) is 0 Å². The lowest BCUT2D eigenvalue weighted by Crippen LogP contribution is -2.40. The Labute approximate surface area is 243 Å². The average Bonchev–Trinajstić information content (AvgIpc) is 3.02. The van der Waals surface area contributed by atoms with Gasteiger partial charge in [0.05, 0.1) is 41.8 Å². The topological polar surface area (TPSA) is 149 Å². The van der Waals surface area contributed by atoms with Crippen molar-refractivity contribution in [1.82, 2.24) is 8.61 Å². The second kappa shape index (κ2) is 12.7. The van der Waals surface area contributed by atoms with E-state index in [4.69, 9.17) is 14.2 Å². The number of sulfonamides is 2. The molecular formula is C28H29N3O9S2. The summed E-state index contributed by atoms with van der Waals surface area (Å²) in [7, 11) is -7.59. The molecule has 1 N–H and O–H groups in total. The number of ether oxygens (including phenoxy) is 3. The summed E-state index contributed by atoms with van der Waals surface area (Å²) in [5.41, 5.74) is 0.470. The van der Waals surface area contributed by atoms with Gasteiger partial charge in [0.15, 0.2) is 0 Å². The van der Waals surface area contributed by atoms with E-state index in [0.29, 0.717) is 32.1 Å². The van der Waals surface area contributed by atoms with Crippen molar-refractivity contribution < 1.29 is 40.6 Å². The summed E-state index contributed by atoms with van der Waals surface area (Å²) < 4.78 is 70.5. The molecular weight excluding hydrogens is 586 g/mol. The molecule has 2 saturated heterocycles. The first-order valence-electron chi connectivity index (χ1n) is 13.1. The van der Waals surface area contributed by atoms with Crippen molar-refractivity contribution in [3.8, 4) is 5.75 Å². The molecule has 0 radical (unpaired) electrons.